The van der Waals surface area contributed by atoms with E-state index in [1.54, 1.807) is 0 Å². The fourth-order valence-corrected chi connectivity index (χ4v) is 6.43. The highest BCUT2D eigenvalue weighted by molar-refractivity contribution is 5.96. The second-order valence-electron chi connectivity index (χ2n) is 13.8. The van der Waals surface area contributed by atoms with E-state index in [1.807, 2.05) is 0 Å². The summed E-state index contributed by atoms with van der Waals surface area (Å²) in [6, 6.07) is 0. The van der Waals surface area contributed by atoms with Crippen LogP contribution in [0.15, 0.2) is 0 Å². The Morgan fingerprint density at radius 3 is 0.755 bits per heavy atom. The summed E-state index contributed by atoms with van der Waals surface area (Å²) in [6.07, 6.45) is 2.68. The fourth-order valence-electron chi connectivity index (χ4n) is 6.43. The summed E-state index contributed by atoms with van der Waals surface area (Å²) < 4.78 is 0. The van der Waals surface area contributed by atoms with Crippen LogP contribution >= 0.6 is 0 Å². The minimum Gasteiger partial charge on any atom is -0.300 e. The predicted molar refractivity (Wildman–Crippen MR) is 178 cm³/mol. The largest absolute Gasteiger partial charge is 0.300 e. The van der Waals surface area contributed by atoms with Gasteiger partial charge in [-0.2, -0.15) is 0 Å². The highest BCUT2D eigenvalue weighted by Crippen LogP contribution is 2.43. The molecule has 11 heteroatoms. The van der Waals surface area contributed by atoms with Crippen molar-refractivity contribution >= 4 is 63.6 Å². The van der Waals surface area contributed by atoms with E-state index in [0.717, 1.165) is 12.8 Å². The van der Waals surface area contributed by atoms with Crippen molar-refractivity contribution in [3.63, 3.8) is 0 Å². The van der Waals surface area contributed by atoms with Gasteiger partial charge in [-0.3, -0.25) is 52.7 Å². The number of ketones is 11. The van der Waals surface area contributed by atoms with Crippen molar-refractivity contribution in [2.24, 2.45) is 5.41 Å². The minimum absolute atomic E-state index is 0.0105. The van der Waals surface area contributed by atoms with E-state index < -0.39 is 5.41 Å². The van der Waals surface area contributed by atoms with Gasteiger partial charge in [0, 0.05) is 140 Å². The summed E-state index contributed by atoms with van der Waals surface area (Å²) in [7, 11) is 0. The molecule has 2 aliphatic rings. The Bertz CT molecular complexity index is 1280. The molecule has 2 aliphatic carbocycles. The van der Waals surface area contributed by atoms with Gasteiger partial charge in [-0.25, -0.2) is 0 Å². The number of carbonyl (C=O) groups is 11. The fraction of sp³-hybridized carbons (Fsp3) is 0.711. The molecule has 1 spiro atoms. The van der Waals surface area contributed by atoms with Crippen LogP contribution in [0.2, 0.25) is 0 Å². The average Bonchev–Trinajstić information content (AvgIpc) is 3.55. The Hall–Kier alpha value is -3.63. The van der Waals surface area contributed by atoms with Crippen molar-refractivity contribution in [3.8, 4) is 0 Å². The van der Waals surface area contributed by atoms with E-state index in [2.05, 4.69) is 0 Å². The van der Waals surface area contributed by atoms with E-state index in [1.165, 1.54) is 0 Å². The van der Waals surface area contributed by atoms with Gasteiger partial charge in [0.2, 0.25) is 0 Å². The first kappa shape index (κ1) is 41.5. The van der Waals surface area contributed by atoms with Gasteiger partial charge in [0.25, 0.3) is 0 Å². The lowest BCUT2D eigenvalue weighted by Gasteiger charge is -2.26. The number of hydrogen-bond donors (Lipinski definition) is 0. The summed E-state index contributed by atoms with van der Waals surface area (Å²) in [6.45, 7) is 0. The van der Waals surface area contributed by atoms with Crippen molar-refractivity contribution in [3.05, 3.63) is 0 Å². The van der Waals surface area contributed by atoms with Gasteiger partial charge < -0.3 is 0 Å². The highest BCUT2D eigenvalue weighted by atomic mass is 16.2. The molecule has 0 aromatic carbocycles. The molecule has 0 N–H and O–H groups in total. The average molecular weight is 685 g/mol. The monoisotopic (exact) mass is 684 g/mol. The van der Waals surface area contributed by atoms with Gasteiger partial charge in [-0.05, 0) is 19.3 Å². The van der Waals surface area contributed by atoms with E-state index in [-0.39, 0.29) is 198 Å². The lowest BCUT2D eigenvalue weighted by Crippen LogP contribution is -2.31. The lowest BCUT2D eigenvalue weighted by molar-refractivity contribution is -0.135. The number of rotatable bonds is 0. The van der Waals surface area contributed by atoms with Gasteiger partial charge in [0.1, 0.15) is 63.6 Å². The zero-order valence-electron chi connectivity index (χ0n) is 28.9. The summed E-state index contributed by atoms with van der Waals surface area (Å²) >= 11 is 0. The minimum atomic E-state index is -0.824. The van der Waals surface area contributed by atoms with Crippen LogP contribution in [0.4, 0.5) is 0 Å². The molecule has 270 valence electrons. The quantitative estimate of drug-likeness (QED) is 0.318. The van der Waals surface area contributed by atoms with Crippen molar-refractivity contribution in [1.29, 1.82) is 0 Å². The van der Waals surface area contributed by atoms with Gasteiger partial charge in [0.15, 0.2) is 0 Å². The first-order chi connectivity index (χ1) is 23.3. The normalized spacial score (nSPS) is 23.2. The van der Waals surface area contributed by atoms with E-state index in [0.29, 0.717) is 19.3 Å². The molecule has 0 atom stereocenters. The maximum Gasteiger partial charge on any atom is 0.139 e. The molecule has 0 aromatic heterocycles. The molecule has 0 bridgehead atoms. The standard InChI is InChI=1S/C38H52O11/c39-27-4-3-5-28(40)22-23-37(49)38(24-1-2-25-38)26-36(48)21-20-35(47)19-18-34(46)17-16-33(45)15-14-32(44)13-12-31(43)11-10-30(42)9-8-29(41)7-6-27/h1-26H2. The van der Waals surface area contributed by atoms with Crippen molar-refractivity contribution in [2.75, 3.05) is 0 Å². The molecule has 0 amide bonds. The van der Waals surface area contributed by atoms with Crippen molar-refractivity contribution in [1.82, 2.24) is 0 Å². The first-order valence-corrected chi connectivity index (χ1v) is 18.0. The van der Waals surface area contributed by atoms with Crippen LogP contribution < -0.4 is 0 Å². The highest BCUT2D eigenvalue weighted by Gasteiger charge is 2.41. The zero-order chi connectivity index (χ0) is 36.2. The smallest absolute Gasteiger partial charge is 0.139 e. The second kappa shape index (κ2) is 22.2. The third-order valence-electron chi connectivity index (χ3n) is 9.69. The van der Waals surface area contributed by atoms with Crippen LogP contribution in [-0.2, 0) is 52.7 Å². The van der Waals surface area contributed by atoms with Crippen LogP contribution in [0.25, 0.3) is 0 Å². The van der Waals surface area contributed by atoms with E-state index in [9.17, 15) is 52.7 Å². The summed E-state index contributed by atoms with van der Waals surface area (Å²) in [5, 5.41) is 0. The topological polar surface area (TPSA) is 188 Å². The van der Waals surface area contributed by atoms with E-state index >= 15 is 0 Å². The van der Waals surface area contributed by atoms with Crippen LogP contribution in [0, 0.1) is 5.41 Å². The number of carbonyl (C=O) groups excluding carboxylic acids is 11. The SMILES string of the molecule is O=C1CCCC(=O)CCC(=O)C2(CCCC2)CC(=O)CCC(=O)CCC(=O)CCC(=O)CCC(=O)CCC(=O)CCC(=O)CCC(=O)CC1. The van der Waals surface area contributed by atoms with Crippen LogP contribution in [0.3, 0.4) is 0 Å². The van der Waals surface area contributed by atoms with Crippen LogP contribution in [-0.4, -0.2) is 63.6 Å². The molecule has 2 fully saturated rings. The van der Waals surface area contributed by atoms with Crippen molar-refractivity contribution in [2.45, 2.75) is 167 Å². The Labute approximate surface area is 288 Å². The Morgan fingerprint density at radius 1 is 0.245 bits per heavy atom. The maximum atomic E-state index is 13.2. The lowest BCUT2D eigenvalue weighted by atomic mass is 9.75. The summed E-state index contributed by atoms with van der Waals surface area (Å²) in [4.78, 5) is 136. The van der Waals surface area contributed by atoms with Gasteiger partial charge in [0.05, 0.1) is 0 Å². The van der Waals surface area contributed by atoms with Gasteiger partial charge >= 0.3 is 0 Å². The Kier molecular flexibility index (Phi) is 18.8. The summed E-state index contributed by atoms with van der Waals surface area (Å²) in [5.74, 6) is -2.48. The molecule has 0 radical (unpaired) electrons. The maximum absolute atomic E-state index is 13.2. The second-order valence-corrected chi connectivity index (χ2v) is 13.8. The molecular formula is C38H52O11. The molecule has 0 aromatic rings. The molecule has 0 heterocycles. The van der Waals surface area contributed by atoms with E-state index in [4.69, 9.17) is 0 Å². The molecular weight excluding hydrogens is 632 g/mol. The molecule has 11 nitrogen and oxygen atoms in total. The third kappa shape index (κ3) is 17.5. The predicted octanol–water partition coefficient (Wildman–Crippen LogP) is 5.40. The van der Waals surface area contributed by atoms with Crippen LogP contribution in [0.5, 0.6) is 0 Å². The molecule has 0 unspecified atom stereocenters. The first-order valence-electron chi connectivity index (χ1n) is 18.0. The molecule has 2 saturated carbocycles. The Morgan fingerprint density at radius 2 is 0.469 bits per heavy atom. The van der Waals surface area contributed by atoms with Crippen molar-refractivity contribution < 1.29 is 52.7 Å². The molecule has 49 heavy (non-hydrogen) atoms. The number of hydrogen-bond acceptors (Lipinski definition) is 11. The third-order valence-corrected chi connectivity index (χ3v) is 9.69. The van der Waals surface area contributed by atoms with Gasteiger partial charge in [-0.1, -0.05) is 12.8 Å². The molecule has 2 rings (SSSR count). The number of Topliss-reactive ketones (excluding diaryl/α,β-unsaturated/α-hetero) is 11. The van der Waals surface area contributed by atoms with Crippen LogP contribution in [0.1, 0.15) is 167 Å². The van der Waals surface area contributed by atoms with Gasteiger partial charge in [-0.15, -0.1) is 0 Å². The zero-order valence-corrected chi connectivity index (χ0v) is 28.9. The molecule has 0 aliphatic heterocycles. The molecule has 0 saturated heterocycles. The summed E-state index contributed by atoms with van der Waals surface area (Å²) in [5.41, 5.74) is -0.824. The Balaban J connectivity index is 1.93.